The smallest absolute Gasteiger partial charge is 0.330 e. The number of aliphatic carboxylic acids is 1. The molecule has 0 aliphatic carbocycles. The quantitative estimate of drug-likeness (QED) is 0.750. The van der Waals surface area contributed by atoms with Crippen LogP contribution in [0.3, 0.4) is 0 Å². The molecule has 1 N–H and O–H groups in total. The summed E-state index contributed by atoms with van der Waals surface area (Å²) in [6.07, 6.45) is 0. The van der Waals surface area contributed by atoms with Crippen molar-refractivity contribution in [2.24, 2.45) is 0 Å². The van der Waals surface area contributed by atoms with E-state index < -0.39 is 5.97 Å². The van der Waals surface area contributed by atoms with Gasteiger partial charge in [-0.2, -0.15) is 0 Å². The molecule has 0 aromatic heterocycles. The second kappa shape index (κ2) is 6.60. The third kappa shape index (κ3) is 6.27. The molecule has 0 atom stereocenters. The van der Waals surface area contributed by atoms with Crippen molar-refractivity contribution in [2.45, 2.75) is 13.8 Å². The lowest BCUT2D eigenvalue weighted by Gasteiger charge is -1.94. The van der Waals surface area contributed by atoms with Crippen LogP contribution in [0.5, 0.6) is 0 Å². The zero-order valence-corrected chi connectivity index (χ0v) is 9.16. The second-order valence-corrected chi connectivity index (χ2v) is 3.23. The molecule has 0 aliphatic rings. The van der Waals surface area contributed by atoms with Crippen LogP contribution in [0.1, 0.15) is 19.4 Å². The maximum Gasteiger partial charge on any atom is 0.330 e. The number of carboxylic acids is 1. The number of carbonyl (C=O) groups is 1. The van der Waals surface area contributed by atoms with E-state index in [4.69, 9.17) is 5.11 Å². The molecule has 0 bridgehead atoms. The van der Waals surface area contributed by atoms with Crippen molar-refractivity contribution in [1.29, 1.82) is 0 Å². The number of carboxylic acid groups (broad SMARTS) is 1. The maximum atomic E-state index is 9.60. The van der Waals surface area contributed by atoms with Gasteiger partial charge in [0.2, 0.25) is 0 Å². The highest BCUT2D eigenvalue weighted by molar-refractivity contribution is 5.84. The summed E-state index contributed by atoms with van der Waals surface area (Å²) in [6, 6.07) is 10.2. The molecule has 1 aromatic rings. The van der Waals surface area contributed by atoms with Crippen LogP contribution in [0.4, 0.5) is 0 Å². The summed E-state index contributed by atoms with van der Waals surface area (Å²) < 4.78 is 0. The van der Waals surface area contributed by atoms with E-state index in [1.807, 2.05) is 25.1 Å². The highest BCUT2D eigenvalue weighted by Gasteiger charge is 1.90. The molecular formula is C13H16O2. The highest BCUT2D eigenvalue weighted by Crippen LogP contribution is 2.08. The van der Waals surface area contributed by atoms with Gasteiger partial charge >= 0.3 is 5.97 Å². The Labute approximate surface area is 90.6 Å². The second-order valence-electron chi connectivity index (χ2n) is 3.23. The van der Waals surface area contributed by atoms with Gasteiger partial charge in [0.1, 0.15) is 0 Å². The summed E-state index contributed by atoms with van der Waals surface area (Å²) >= 11 is 0. The average molecular weight is 204 g/mol. The zero-order valence-electron chi connectivity index (χ0n) is 9.16. The molecule has 0 heterocycles. The van der Waals surface area contributed by atoms with Crippen LogP contribution in [-0.2, 0) is 4.79 Å². The third-order valence-electron chi connectivity index (χ3n) is 1.63. The fraction of sp³-hybridized carbons (Fsp3) is 0.154. The van der Waals surface area contributed by atoms with E-state index >= 15 is 0 Å². The van der Waals surface area contributed by atoms with E-state index in [1.165, 1.54) is 12.5 Å². The minimum absolute atomic E-state index is 0.176. The maximum absolute atomic E-state index is 9.60. The molecule has 0 radical (unpaired) electrons. The average Bonchev–Trinajstić information content (AvgIpc) is 2.20. The van der Waals surface area contributed by atoms with Crippen LogP contribution in [0.15, 0.2) is 49.1 Å². The van der Waals surface area contributed by atoms with Gasteiger partial charge < -0.3 is 5.11 Å². The highest BCUT2D eigenvalue weighted by atomic mass is 16.4. The van der Waals surface area contributed by atoms with Crippen molar-refractivity contribution in [3.05, 3.63) is 54.6 Å². The summed E-state index contributed by atoms with van der Waals surface area (Å²) in [4.78, 5) is 9.60. The van der Waals surface area contributed by atoms with Crippen LogP contribution >= 0.6 is 0 Å². The molecule has 0 spiro atoms. The van der Waals surface area contributed by atoms with Crippen LogP contribution in [0.2, 0.25) is 0 Å². The molecule has 0 unspecified atom stereocenters. The Kier molecular flexibility index (Phi) is 5.79. The van der Waals surface area contributed by atoms with E-state index in [0.717, 1.165) is 5.57 Å². The first-order valence-electron chi connectivity index (χ1n) is 4.55. The van der Waals surface area contributed by atoms with Gasteiger partial charge in [-0.15, -0.1) is 0 Å². The third-order valence-corrected chi connectivity index (χ3v) is 1.63. The van der Waals surface area contributed by atoms with E-state index in [2.05, 4.69) is 25.3 Å². The molecule has 2 heteroatoms. The van der Waals surface area contributed by atoms with E-state index in [9.17, 15) is 4.79 Å². The summed E-state index contributed by atoms with van der Waals surface area (Å²) in [6.45, 7) is 10.4. The molecule has 0 aliphatic heterocycles. The van der Waals surface area contributed by atoms with Crippen LogP contribution in [0.25, 0.3) is 5.57 Å². The predicted molar refractivity (Wildman–Crippen MR) is 63.6 cm³/mol. The van der Waals surface area contributed by atoms with Crippen molar-refractivity contribution in [2.75, 3.05) is 0 Å². The number of hydrogen-bond donors (Lipinski definition) is 1. The van der Waals surface area contributed by atoms with Crippen molar-refractivity contribution in [3.8, 4) is 0 Å². The molecular weight excluding hydrogens is 188 g/mol. The van der Waals surface area contributed by atoms with Crippen molar-refractivity contribution in [3.63, 3.8) is 0 Å². The number of hydrogen-bond acceptors (Lipinski definition) is 1. The van der Waals surface area contributed by atoms with Gasteiger partial charge in [-0.3, -0.25) is 0 Å². The summed E-state index contributed by atoms with van der Waals surface area (Å²) in [5.41, 5.74) is 2.52. The Morgan fingerprint density at radius 3 is 1.73 bits per heavy atom. The van der Waals surface area contributed by atoms with Crippen molar-refractivity contribution < 1.29 is 9.90 Å². The van der Waals surface area contributed by atoms with Gasteiger partial charge in [0.25, 0.3) is 0 Å². The SMILES string of the molecule is C=C(C)C(=O)O.C=C(C)c1ccccc1. The van der Waals surface area contributed by atoms with E-state index in [-0.39, 0.29) is 5.57 Å². The largest absolute Gasteiger partial charge is 0.478 e. The molecule has 80 valence electrons. The number of allylic oxidation sites excluding steroid dienone is 1. The Bertz CT molecular complexity index is 338. The van der Waals surface area contributed by atoms with Gasteiger partial charge in [-0.1, -0.05) is 49.1 Å². The van der Waals surface area contributed by atoms with Crippen LogP contribution in [0, 0.1) is 0 Å². The fourth-order valence-corrected chi connectivity index (χ4v) is 0.723. The first kappa shape index (κ1) is 13.2. The fourth-order valence-electron chi connectivity index (χ4n) is 0.723. The van der Waals surface area contributed by atoms with Gasteiger partial charge in [0, 0.05) is 5.57 Å². The molecule has 1 aromatic carbocycles. The summed E-state index contributed by atoms with van der Waals surface area (Å²) in [5.74, 6) is -0.935. The Balaban J connectivity index is 0.000000288. The lowest BCUT2D eigenvalue weighted by molar-refractivity contribution is -0.132. The van der Waals surface area contributed by atoms with E-state index in [0.29, 0.717) is 0 Å². The minimum Gasteiger partial charge on any atom is -0.478 e. The molecule has 0 fully saturated rings. The molecule has 2 nitrogen and oxygen atoms in total. The summed E-state index contributed by atoms with van der Waals surface area (Å²) in [5, 5.41) is 7.89. The van der Waals surface area contributed by atoms with E-state index in [1.54, 1.807) is 0 Å². The topological polar surface area (TPSA) is 37.3 Å². The number of rotatable bonds is 2. The van der Waals surface area contributed by atoms with Crippen LogP contribution < -0.4 is 0 Å². The normalized spacial score (nSPS) is 8.40. The molecule has 0 amide bonds. The first-order chi connectivity index (χ1) is 6.95. The van der Waals surface area contributed by atoms with Crippen LogP contribution in [-0.4, -0.2) is 11.1 Å². The van der Waals surface area contributed by atoms with Crippen molar-refractivity contribution in [1.82, 2.24) is 0 Å². The lowest BCUT2D eigenvalue weighted by atomic mass is 10.1. The lowest BCUT2D eigenvalue weighted by Crippen LogP contribution is -1.92. The Hall–Kier alpha value is -1.83. The molecule has 1 rings (SSSR count). The molecule has 0 saturated heterocycles. The Morgan fingerprint density at radius 2 is 1.53 bits per heavy atom. The number of benzene rings is 1. The molecule has 15 heavy (non-hydrogen) atoms. The van der Waals surface area contributed by atoms with Gasteiger partial charge in [-0.25, -0.2) is 4.79 Å². The van der Waals surface area contributed by atoms with Gasteiger partial charge in [0.15, 0.2) is 0 Å². The summed E-state index contributed by atoms with van der Waals surface area (Å²) in [7, 11) is 0. The van der Waals surface area contributed by atoms with Gasteiger partial charge in [-0.05, 0) is 19.4 Å². The monoisotopic (exact) mass is 204 g/mol. The molecule has 0 saturated carbocycles. The van der Waals surface area contributed by atoms with Gasteiger partial charge in [0.05, 0.1) is 0 Å². The van der Waals surface area contributed by atoms with Crippen molar-refractivity contribution >= 4 is 11.5 Å². The first-order valence-corrected chi connectivity index (χ1v) is 4.55. The minimum atomic E-state index is -0.935. The standard InChI is InChI=1S/C9H10.C4H6O2/c1-8(2)9-6-4-3-5-7-9;1-3(2)4(5)6/h3-7H,1H2,2H3;1H2,2H3,(H,5,6). The predicted octanol–water partition coefficient (Wildman–Crippen LogP) is 3.37. The zero-order chi connectivity index (χ0) is 11.8. The Morgan fingerprint density at radius 1 is 1.13 bits per heavy atom.